The summed E-state index contributed by atoms with van der Waals surface area (Å²) in [7, 11) is 0. The molecule has 0 amide bonds. The minimum absolute atomic E-state index is 0.127. The minimum Gasteiger partial charge on any atom is -0.355 e. The minimum atomic E-state index is 0.127. The lowest BCUT2D eigenvalue weighted by atomic mass is 9.87. The number of rotatable bonds is 8. The van der Waals surface area contributed by atoms with Gasteiger partial charge in [-0.2, -0.15) is 5.10 Å². The van der Waals surface area contributed by atoms with Crippen LogP contribution in [-0.2, 0) is 5.41 Å². The van der Waals surface area contributed by atoms with Crippen LogP contribution in [0.25, 0.3) is 16.9 Å². The third kappa shape index (κ3) is 5.24. The number of nitrogens with zero attached hydrogens (tertiary/aromatic N) is 3. The second kappa shape index (κ2) is 9.23. The van der Waals surface area contributed by atoms with Gasteiger partial charge in [-0.3, -0.25) is 10.3 Å². The largest absolute Gasteiger partial charge is 0.355 e. The molecule has 154 valence electrons. The molecule has 1 unspecified atom stereocenters. The van der Waals surface area contributed by atoms with Crippen molar-refractivity contribution in [2.24, 2.45) is 0 Å². The summed E-state index contributed by atoms with van der Waals surface area (Å²) in [5.41, 5.74) is 4.40. The number of pyridine rings is 1. The van der Waals surface area contributed by atoms with Crippen molar-refractivity contribution >= 4 is 5.82 Å². The van der Waals surface area contributed by atoms with Crippen molar-refractivity contribution in [3.63, 3.8) is 0 Å². The van der Waals surface area contributed by atoms with Crippen molar-refractivity contribution in [2.45, 2.75) is 59.0 Å². The Bertz CT molecular complexity index is 885. The normalized spacial score (nSPS) is 12.7. The van der Waals surface area contributed by atoms with Crippen LogP contribution in [-0.4, -0.2) is 27.5 Å². The maximum absolute atomic E-state index is 4.90. The molecule has 29 heavy (non-hydrogen) atoms. The first-order chi connectivity index (χ1) is 13.9. The number of hydrogen-bond acceptors (Lipinski definition) is 4. The molecule has 0 fully saturated rings. The average Bonchev–Trinajstić information content (AvgIpc) is 3.12. The zero-order valence-corrected chi connectivity index (χ0v) is 18.2. The molecule has 3 rings (SSSR count). The standard InChI is InChI=1S/C24H33N5/c1-6-9-22(26-7-2)27-23-16-21(18-10-8-15-25-17-18)28-29(23)20-13-11-19(12-14-20)24(3,4)5/h8,10-17,22,26-27H,6-7,9H2,1-5H3. The summed E-state index contributed by atoms with van der Waals surface area (Å²) in [5.74, 6) is 0.978. The molecule has 3 aromatic rings. The summed E-state index contributed by atoms with van der Waals surface area (Å²) < 4.78 is 1.99. The molecule has 0 saturated heterocycles. The third-order valence-corrected chi connectivity index (χ3v) is 4.99. The van der Waals surface area contributed by atoms with Crippen molar-refractivity contribution in [2.75, 3.05) is 11.9 Å². The van der Waals surface area contributed by atoms with Gasteiger partial charge < -0.3 is 5.32 Å². The topological polar surface area (TPSA) is 54.8 Å². The quantitative estimate of drug-likeness (QED) is 0.506. The van der Waals surface area contributed by atoms with E-state index in [0.29, 0.717) is 0 Å². The molecule has 0 aliphatic heterocycles. The van der Waals surface area contributed by atoms with E-state index >= 15 is 0 Å². The second-order valence-electron chi connectivity index (χ2n) is 8.41. The Morgan fingerprint density at radius 2 is 1.83 bits per heavy atom. The Labute approximate surface area is 174 Å². The maximum atomic E-state index is 4.90. The summed E-state index contributed by atoms with van der Waals surface area (Å²) in [6, 6.07) is 14.8. The summed E-state index contributed by atoms with van der Waals surface area (Å²) in [6.45, 7) is 11.9. The maximum Gasteiger partial charge on any atom is 0.131 e. The average molecular weight is 392 g/mol. The molecule has 1 atom stereocenters. The van der Waals surface area contributed by atoms with Gasteiger partial charge in [0.2, 0.25) is 0 Å². The van der Waals surface area contributed by atoms with Crippen molar-refractivity contribution in [1.82, 2.24) is 20.1 Å². The Balaban J connectivity index is 2.00. The molecule has 5 nitrogen and oxygen atoms in total. The number of nitrogens with one attached hydrogen (secondary N) is 2. The Morgan fingerprint density at radius 1 is 1.07 bits per heavy atom. The van der Waals surface area contributed by atoms with Gasteiger partial charge >= 0.3 is 0 Å². The van der Waals surface area contributed by atoms with Crippen molar-refractivity contribution < 1.29 is 0 Å². The molecular weight excluding hydrogens is 358 g/mol. The summed E-state index contributed by atoms with van der Waals surface area (Å²) in [6.07, 6.45) is 6.00. The number of anilines is 1. The van der Waals surface area contributed by atoms with Crippen LogP contribution in [0.1, 0.15) is 53.0 Å². The van der Waals surface area contributed by atoms with Gasteiger partial charge in [0, 0.05) is 24.0 Å². The highest BCUT2D eigenvalue weighted by Gasteiger charge is 2.17. The van der Waals surface area contributed by atoms with E-state index in [0.717, 1.165) is 42.1 Å². The van der Waals surface area contributed by atoms with Crippen LogP contribution >= 0.6 is 0 Å². The highest BCUT2D eigenvalue weighted by atomic mass is 15.3. The lowest BCUT2D eigenvalue weighted by molar-refractivity contribution is 0.532. The molecule has 2 N–H and O–H groups in total. The van der Waals surface area contributed by atoms with Crippen LogP contribution in [0, 0.1) is 0 Å². The van der Waals surface area contributed by atoms with E-state index in [1.807, 2.05) is 23.0 Å². The molecule has 1 aromatic carbocycles. The molecule has 0 aliphatic carbocycles. The highest BCUT2D eigenvalue weighted by Crippen LogP contribution is 2.27. The second-order valence-corrected chi connectivity index (χ2v) is 8.41. The van der Waals surface area contributed by atoms with Gasteiger partial charge in [-0.15, -0.1) is 0 Å². The van der Waals surface area contributed by atoms with Crippen LogP contribution in [0.3, 0.4) is 0 Å². The molecule has 0 aliphatic rings. The lowest BCUT2D eigenvalue weighted by Crippen LogP contribution is -2.36. The molecule has 5 heteroatoms. The summed E-state index contributed by atoms with van der Waals surface area (Å²) in [4.78, 5) is 4.25. The smallest absolute Gasteiger partial charge is 0.131 e. The van der Waals surface area contributed by atoms with Gasteiger partial charge in [0.15, 0.2) is 0 Å². The molecular formula is C24H33N5. The first-order valence-electron chi connectivity index (χ1n) is 10.5. The number of aromatic nitrogens is 3. The third-order valence-electron chi connectivity index (χ3n) is 4.99. The van der Waals surface area contributed by atoms with Crippen LogP contribution < -0.4 is 10.6 Å². The van der Waals surface area contributed by atoms with E-state index in [2.05, 4.69) is 80.6 Å². The van der Waals surface area contributed by atoms with Crippen molar-refractivity contribution in [1.29, 1.82) is 0 Å². The highest BCUT2D eigenvalue weighted by molar-refractivity contribution is 5.64. The molecule has 0 bridgehead atoms. The van der Waals surface area contributed by atoms with Crippen molar-refractivity contribution in [3.8, 4) is 16.9 Å². The van der Waals surface area contributed by atoms with E-state index < -0.39 is 0 Å². The molecule has 2 aromatic heterocycles. The fourth-order valence-corrected chi connectivity index (χ4v) is 3.38. The Kier molecular flexibility index (Phi) is 6.70. The van der Waals surface area contributed by atoms with Gasteiger partial charge in [-0.1, -0.05) is 53.2 Å². The first-order valence-corrected chi connectivity index (χ1v) is 10.5. The first kappa shape index (κ1) is 21.1. The number of benzene rings is 1. The monoisotopic (exact) mass is 391 g/mol. The zero-order chi connectivity index (χ0) is 20.9. The zero-order valence-electron chi connectivity index (χ0n) is 18.2. The lowest BCUT2D eigenvalue weighted by Gasteiger charge is -2.21. The summed E-state index contributed by atoms with van der Waals surface area (Å²) in [5, 5.41) is 12.1. The molecule has 0 radical (unpaired) electrons. The fourth-order valence-electron chi connectivity index (χ4n) is 3.38. The van der Waals surface area contributed by atoms with Gasteiger partial charge in [-0.05, 0) is 48.2 Å². The predicted octanol–water partition coefficient (Wildman–Crippen LogP) is 5.38. The van der Waals surface area contributed by atoms with Crippen LogP contribution in [0.2, 0.25) is 0 Å². The van der Waals surface area contributed by atoms with Crippen molar-refractivity contribution in [3.05, 3.63) is 60.4 Å². The van der Waals surface area contributed by atoms with Crippen LogP contribution in [0.4, 0.5) is 5.82 Å². The molecule has 0 saturated carbocycles. The van der Waals surface area contributed by atoms with Crippen LogP contribution in [0.5, 0.6) is 0 Å². The Morgan fingerprint density at radius 3 is 2.41 bits per heavy atom. The number of hydrogen-bond donors (Lipinski definition) is 2. The van der Waals surface area contributed by atoms with Crippen LogP contribution in [0.15, 0.2) is 54.9 Å². The van der Waals surface area contributed by atoms with Gasteiger partial charge in [-0.25, -0.2) is 4.68 Å². The fraction of sp³-hybridized carbons (Fsp3) is 0.417. The molecule has 0 spiro atoms. The molecule has 2 heterocycles. The van der Waals surface area contributed by atoms with Gasteiger partial charge in [0.1, 0.15) is 5.82 Å². The van der Waals surface area contributed by atoms with E-state index in [1.54, 1.807) is 6.20 Å². The van der Waals surface area contributed by atoms with E-state index in [9.17, 15) is 0 Å². The van der Waals surface area contributed by atoms with E-state index in [1.165, 1.54) is 5.56 Å². The van der Waals surface area contributed by atoms with Gasteiger partial charge in [0.25, 0.3) is 0 Å². The SMILES string of the molecule is CCCC(NCC)Nc1cc(-c2cccnc2)nn1-c1ccc(C(C)(C)C)cc1. The Hall–Kier alpha value is -2.66. The van der Waals surface area contributed by atoms with E-state index in [-0.39, 0.29) is 11.6 Å². The summed E-state index contributed by atoms with van der Waals surface area (Å²) >= 11 is 0. The predicted molar refractivity (Wildman–Crippen MR) is 121 cm³/mol. The van der Waals surface area contributed by atoms with E-state index in [4.69, 9.17) is 5.10 Å². The van der Waals surface area contributed by atoms with Gasteiger partial charge in [0.05, 0.1) is 17.5 Å².